The number of hydrogen-bond acceptors (Lipinski definition) is 5. The molecular weight excluding hydrogens is 404 g/mol. The predicted molar refractivity (Wildman–Crippen MR) is 114 cm³/mol. The molecule has 0 aromatic heterocycles. The molecule has 0 saturated heterocycles. The summed E-state index contributed by atoms with van der Waals surface area (Å²) in [6.45, 7) is 8.54. The fourth-order valence-electron chi connectivity index (χ4n) is 2.67. The summed E-state index contributed by atoms with van der Waals surface area (Å²) in [5.41, 5.74) is 0.460. The molecule has 2 aromatic carbocycles. The summed E-state index contributed by atoms with van der Waals surface area (Å²) in [6, 6.07) is 14.6. The van der Waals surface area contributed by atoms with E-state index in [2.05, 4.69) is 10.0 Å². The average molecular weight is 433 g/mol. The Balaban J connectivity index is 1.99. The summed E-state index contributed by atoms with van der Waals surface area (Å²) in [7, 11) is -3.70. The Kier molecular flexibility index (Phi) is 7.39. The summed E-state index contributed by atoms with van der Waals surface area (Å²) in [6.07, 6.45) is -1.00. The molecule has 8 heteroatoms. The van der Waals surface area contributed by atoms with Gasteiger partial charge in [0.15, 0.2) is 6.10 Å². The lowest BCUT2D eigenvalue weighted by Crippen LogP contribution is -2.40. The zero-order chi connectivity index (χ0) is 22.5. The quantitative estimate of drug-likeness (QED) is 0.655. The van der Waals surface area contributed by atoms with Gasteiger partial charge in [-0.1, -0.05) is 30.3 Å². The molecule has 7 nitrogen and oxygen atoms in total. The highest BCUT2D eigenvalue weighted by atomic mass is 32.2. The molecular formula is C22H28N2O5S. The Morgan fingerprint density at radius 3 is 2.03 bits per heavy atom. The van der Waals surface area contributed by atoms with Crippen LogP contribution in [0, 0.1) is 0 Å². The van der Waals surface area contributed by atoms with Crippen LogP contribution < -0.4 is 10.0 Å². The summed E-state index contributed by atoms with van der Waals surface area (Å²) in [5.74, 6) is -1.13. The number of esters is 1. The monoisotopic (exact) mass is 432 g/mol. The van der Waals surface area contributed by atoms with Crippen molar-refractivity contribution < 1.29 is 22.7 Å². The summed E-state index contributed by atoms with van der Waals surface area (Å²) in [4.78, 5) is 24.7. The van der Waals surface area contributed by atoms with E-state index in [1.165, 1.54) is 31.2 Å². The molecule has 2 N–H and O–H groups in total. The first-order valence-electron chi connectivity index (χ1n) is 9.59. The molecule has 0 saturated carbocycles. The van der Waals surface area contributed by atoms with Crippen molar-refractivity contribution in [1.29, 1.82) is 0 Å². The Morgan fingerprint density at radius 1 is 0.933 bits per heavy atom. The number of carbonyl (C=O) groups excluding carboxylic acids is 2. The van der Waals surface area contributed by atoms with Gasteiger partial charge in [0.1, 0.15) is 0 Å². The normalized spacial score (nSPS) is 13.9. The highest BCUT2D eigenvalue weighted by Crippen LogP contribution is 2.16. The maximum absolute atomic E-state index is 12.3. The smallest absolute Gasteiger partial charge is 0.338 e. The van der Waals surface area contributed by atoms with E-state index < -0.39 is 33.5 Å². The molecule has 0 fully saturated rings. The molecule has 162 valence electrons. The second-order valence-corrected chi connectivity index (χ2v) is 9.75. The van der Waals surface area contributed by atoms with Crippen molar-refractivity contribution in [2.45, 2.75) is 57.2 Å². The fraction of sp³-hybridized carbons (Fsp3) is 0.364. The Labute approximate surface area is 177 Å². The molecule has 0 heterocycles. The van der Waals surface area contributed by atoms with Crippen LogP contribution in [0.15, 0.2) is 59.5 Å². The first kappa shape index (κ1) is 23.6. The third-order valence-corrected chi connectivity index (χ3v) is 5.93. The fourth-order valence-corrected chi connectivity index (χ4v) is 4.09. The predicted octanol–water partition coefficient (Wildman–Crippen LogP) is 3.19. The van der Waals surface area contributed by atoms with Crippen LogP contribution in [-0.2, 0) is 19.6 Å². The first-order chi connectivity index (χ1) is 13.9. The van der Waals surface area contributed by atoms with E-state index in [1.807, 2.05) is 37.3 Å². The Bertz CT molecular complexity index is 980. The number of ether oxygens (including phenoxy) is 1. The third-order valence-electron chi connectivity index (χ3n) is 4.15. The standard InChI is InChI=1S/C22H28N2O5S/c1-15(17-9-7-6-8-10-17)23-20(25)16(2)29-21(26)18-11-13-19(14-12-18)30(27,28)24-22(3,4)5/h6-16,24H,1-5H3,(H,23,25). The van der Waals surface area contributed by atoms with E-state index in [-0.39, 0.29) is 16.5 Å². The molecule has 0 radical (unpaired) electrons. The van der Waals surface area contributed by atoms with E-state index in [0.29, 0.717) is 0 Å². The van der Waals surface area contributed by atoms with Gasteiger partial charge >= 0.3 is 5.97 Å². The highest BCUT2D eigenvalue weighted by molar-refractivity contribution is 7.89. The lowest BCUT2D eigenvalue weighted by atomic mass is 10.1. The first-order valence-corrected chi connectivity index (χ1v) is 11.1. The lowest BCUT2D eigenvalue weighted by molar-refractivity contribution is -0.129. The van der Waals surface area contributed by atoms with Gasteiger partial charge in [-0.25, -0.2) is 17.9 Å². The lowest BCUT2D eigenvalue weighted by Gasteiger charge is -2.20. The summed E-state index contributed by atoms with van der Waals surface area (Å²) < 4.78 is 32.4. The molecule has 0 aliphatic heterocycles. The van der Waals surface area contributed by atoms with Crippen molar-refractivity contribution in [3.05, 3.63) is 65.7 Å². The molecule has 30 heavy (non-hydrogen) atoms. The van der Waals surface area contributed by atoms with Gasteiger partial charge in [0.05, 0.1) is 16.5 Å². The minimum Gasteiger partial charge on any atom is -0.449 e. The van der Waals surface area contributed by atoms with Crippen molar-refractivity contribution in [2.24, 2.45) is 0 Å². The maximum atomic E-state index is 12.3. The molecule has 2 aromatic rings. The van der Waals surface area contributed by atoms with Crippen LogP contribution in [0.5, 0.6) is 0 Å². The number of carbonyl (C=O) groups is 2. The van der Waals surface area contributed by atoms with Crippen LogP contribution in [-0.4, -0.2) is 31.9 Å². The number of nitrogens with one attached hydrogen (secondary N) is 2. The van der Waals surface area contributed by atoms with Gasteiger partial charge in [0.2, 0.25) is 10.0 Å². The summed E-state index contributed by atoms with van der Waals surface area (Å²) >= 11 is 0. The second kappa shape index (κ2) is 9.40. The van der Waals surface area contributed by atoms with E-state index in [0.717, 1.165) is 5.56 Å². The summed E-state index contributed by atoms with van der Waals surface area (Å²) in [5, 5.41) is 2.80. The van der Waals surface area contributed by atoms with Crippen molar-refractivity contribution in [3.8, 4) is 0 Å². The second-order valence-electron chi connectivity index (χ2n) is 8.07. The van der Waals surface area contributed by atoms with E-state index in [4.69, 9.17) is 4.74 Å². The molecule has 2 unspecified atom stereocenters. The largest absolute Gasteiger partial charge is 0.449 e. The number of amides is 1. The van der Waals surface area contributed by atoms with Gasteiger partial charge in [-0.15, -0.1) is 0 Å². The zero-order valence-corrected chi connectivity index (χ0v) is 18.6. The number of hydrogen-bond donors (Lipinski definition) is 2. The van der Waals surface area contributed by atoms with Crippen LogP contribution in [0.1, 0.15) is 56.6 Å². The number of benzene rings is 2. The third kappa shape index (κ3) is 6.67. The Morgan fingerprint density at radius 2 is 1.50 bits per heavy atom. The van der Waals surface area contributed by atoms with Gasteiger partial charge in [-0.2, -0.15) is 0 Å². The minimum absolute atomic E-state index is 0.0384. The van der Waals surface area contributed by atoms with E-state index >= 15 is 0 Å². The SMILES string of the molecule is CC(OC(=O)c1ccc(S(=O)(=O)NC(C)(C)C)cc1)C(=O)NC(C)c1ccccc1. The van der Waals surface area contributed by atoms with Gasteiger partial charge in [-0.05, 0) is 64.4 Å². The molecule has 0 aliphatic carbocycles. The van der Waals surface area contributed by atoms with Crippen molar-refractivity contribution in [1.82, 2.24) is 10.0 Å². The molecule has 0 bridgehead atoms. The zero-order valence-electron chi connectivity index (χ0n) is 17.8. The van der Waals surface area contributed by atoms with Gasteiger partial charge in [-0.3, -0.25) is 4.79 Å². The van der Waals surface area contributed by atoms with Crippen LogP contribution in [0.4, 0.5) is 0 Å². The molecule has 2 atom stereocenters. The topological polar surface area (TPSA) is 102 Å². The van der Waals surface area contributed by atoms with Crippen LogP contribution >= 0.6 is 0 Å². The van der Waals surface area contributed by atoms with Gasteiger partial charge in [0, 0.05) is 5.54 Å². The van der Waals surface area contributed by atoms with Crippen molar-refractivity contribution >= 4 is 21.9 Å². The molecule has 1 amide bonds. The van der Waals surface area contributed by atoms with Gasteiger partial charge in [0.25, 0.3) is 5.91 Å². The van der Waals surface area contributed by atoms with Crippen molar-refractivity contribution in [3.63, 3.8) is 0 Å². The van der Waals surface area contributed by atoms with Crippen molar-refractivity contribution in [2.75, 3.05) is 0 Å². The maximum Gasteiger partial charge on any atom is 0.338 e. The van der Waals surface area contributed by atoms with E-state index in [9.17, 15) is 18.0 Å². The van der Waals surface area contributed by atoms with Crippen LogP contribution in [0.2, 0.25) is 0 Å². The number of sulfonamides is 1. The highest BCUT2D eigenvalue weighted by Gasteiger charge is 2.24. The average Bonchev–Trinajstić information content (AvgIpc) is 2.66. The molecule has 0 spiro atoms. The minimum atomic E-state index is -3.70. The van der Waals surface area contributed by atoms with E-state index in [1.54, 1.807) is 20.8 Å². The van der Waals surface area contributed by atoms with Crippen LogP contribution in [0.3, 0.4) is 0 Å². The van der Waals surface area contributed by atoms with Crippen LogP contribution in [0.25, 0.3) is 0 Å². The molecule has 0 aliphatic rings. The Hall–Kier alpha value is -2.71. The number of rotatable bonds is 7. The van der Waals surface area contributed by atoms with Gasteiger partial charge < -0.3 is 10.1 Å². The molecule has 2 rings (SSSR count).